The maximum Gasteiger partial charge on any atom is 0.414 e. The van der Waals surface area contributed by atoms with Gasteiger partial charge in [-0.25, -0.2) is 19.6 Å². The van der Waals surface area contributed by atoms with Gasteiger partial charge in [0, 0.05) is 43.8 Å². The molecule has 0 spiro atoms. The normalized spacial score (nSPS) is 17.9. The molecule has 4 N–H and O–H groups in total. The summed E-state index contributed by atoms with van der Waals surface area (Å²) in [5.41, 5.74) is 0.230. The first-order valence-electron chi connectivity index (χ1n) is 15.8. The monoisotopic (exact) mass is 700 g/mol. The maximum atomic E-state index is 14.1. The molecule has 0 bridgehead atoms. The Hall–Kier alpha value is -5.35. The van der Waals surface area contributed by atoms with Crippen LogP contribution in [0, 0.1) is 5.92 Å². The Kier molecular flexibility index (Phi) is 9.97. The molecular weight excluding hydrogens is 661 g/mol. The van der Waals surface area contributed by atoms with Crippen LogP contribution in [0.15, 0.2) is 41.6 Å². The number of anilines is 4. The highest BCUT2D eigenvalue weighted by Gasteiger charge is 2.45. The van der Waals surface area contributed by atoms with Gasteiger partial charge in [-0.3, -0.25) is 15.1 Å². The molecule has 5 heterocycles. The number of furan rings is 1. The van der Waals surface area contributed by atoms with Gasteiger partial charge in [0.15, 0.2) is 5.76 Å². The largest absolute Gasteiger partial charge is 0.444 e. The van der Waals surface area contributed by atoms with E-state index in [1.54, 1.807) is 60.0 Å². The van der Waals surface area contributed by atoms with E-state index in [9.17, 15) is 27.6 Å². The molecule has 1 saturated heterocycles. The topological polar surface area (TPSA) is 173 Å². The zero-order valence-corrected chi connectivity index (χ0v) is 28.4. The number of nitrogens with one attached hydrogen (secondary N) is 4. The average molecular weight is 701 g/mol. The zero-order valence-electron chi connectivity index (χ0n) is 28.4. The number of alkyl carbamates (subject to hydrolysis) is 1. The molecule has 3 aromatic heterocycles. The van der Waals surface area contributed by atoms with Crippen LogP contribution < -0.4 is 26.2 Å². The second-order valence-corrected chi connectivity index (χ2v) is 13.9. The smallest absolute Gasteiger partial charge is 0.414 e. The number of pyridine rings is 1. The molecule has 14 nitrogen and oxygen atoms in total. The predicted molar refractivity (Wildman–Crippen MR) is 179 cm³/mol. The molecule has 0 aliphatic carbocycles. The van der Waals surface area contributed by atoms with Gasteiger partial charge < -0.3 is 34.7 Å². The molecule has 0 saturated carbocycles. The van der Waals surface area contributed by atoms with Crippen LogP contribution in [-0.2, 0) is 9.47 Å². The molecule has 2 aliphatic heterocycles. The van der Waals surface area contributed by atoms with E-state index in [4.69, 9.17) is 13.9 Å². The van der Waals surface area contributed by atoms with Crippen molar-refractivity contribution in [3.05, 3.63) is 54.1 Å². The van der Waals surface area contributed by atoms with Gasteiger partial charge >= 0.3 is 18.4 Å². The van der Waals surface area contributed by atoms with Crippen LogP contribution in [0.1, 0.15) is 69.6 Å². The number of alkyl halides is 3. The minimum Gasteiger partial charge on any atom is -0.444 e. The highest BCUT2D eigenvalue weighted by atomic mass is 19.4. The Morgan fingerprint density at radius 3 is 2.28 bits per heavy atom. The van der Waals surface area contributed by atoms with Crippen molar-refractivity contribution >= 4 is 52.7 Å². The minimum absolute atomic E-state index is 0.0103. The molecule has 5 rings (SSSR count). The molecule has 2 aliphatic rings. The number of carbonyl (C=O) groups excluding carboxylic acids is 3. The van der Waals surface area contributed by atoms with Crippen LogP contribution in [0.2, 0.25) is 0 Å². The summed E-state index contributed by atoms with van der Waals surface area (Å²) in [7, 11) is 0. The molecule has 3 aromatic rings. The number of hydrogen-bond donors (Lipinski definition) is 4. The maximum absolute atomic E-state index is 14.1. The van der Waals surface area contributed by atoms with Crippen LogP contribution in [0.5, 0.6) is 0 Å². The fraction of sp³-hybridized carbons (Fsp3) is 0.455. The number of fused-ring (bicyclic) bond motifs is 1. The number of halogens is 3. The summed E-state index contributed by atoms with van der Waals surface area (Å²) in [5.74, 6) is -2.55. The number of nitrogens with zero attached hydrogens (tertiary/aromatic N) is 4. The van der Waals surface area contributed by atoms with Gasteiger partial charge in [0.05, 0.1) is 35.2 Å². The lowest BCUT2D eigenvalue weighted by Gasteiger charge is -2.40. The van der Waals surface area contributed by atoms with Crippen molar-refractivity contribution in [3.8, 4) is 0 Å². The van der Waals surface area contributed by atoms with Crippen molar-refractivity contribution in [1.29, 1.82) is 0 Å². The van der Waals surface area contributed by atoms with Crippen molar-refractivity contribution in [2.75, 3.05) is 40.5 Å². The van der Waals surface area contributed by atoms with Crippen molar-refractivity contribution in [2.45, 2.75) is 71.4 Å². The first kappa shape index (κ1) is 35.9. The van der Waals surface area contributed by atoms with Gasteiger partial charge in [-0.15, -0.1) is 0 Å². The van der Waals surface area contributed by atoms with Gasteiger partial charge in [-0.1, -0.05) is 0 Å². The summed E-state index contributed by atoms with van der Waals surface area (Å²) in [6, 6.07) is 0.548. The van der Waals surface area contributed by atoms with E-state index in [2.05, 4.69) is 36.2 Å². The molecule has 1 fully saturated rings. The summed E-state index contributed by atoms with van der Waals surface area (Å²) in [5, 5.41) is 11.0. The number of carbonyl (C=O) groups is 3. The van der Waals surface area contributed by atoms with Crippen LogP contribution in [-0.4, -0.2) is 76.1 Å². The Bertz CT molecular complexity index is 1770. The molecule has 3 amide bonds. The molecule has 0 unspecified atom stereocenters. The SMILES string of the molecule is CC(C)(C)OC(=O)Nc1oc2c(c1C(=O)Nc1cnccc1N1C[C@@H](NC(=O)OC(C)(C)C)C[C@@H](C(F)(F)F)C1)NCC(c1cncnc1)=C2. The van der Waals surface area contributed by atoms with Crippen LogP contribution in [0.4, 0.5) is 45.7 Å². The van der Waals surface area contributed by atoms with Gasteiger partial charge in [-0.05, 0) is 65.7 Å². The van der Waals surface area contributed by atoms with E-state index in [1.165, 1.54) is 29.7 Å². The Balaban J connectivity index is 1.46. The Morgan fingerprint density at radius 2 is 1.62 bits per heavy atom. The lowest BCUT2D eigenvalue weighted by atomic mass is 9.93. The van der Waals surface area contributed by atoms with Crippen LogP contribution in [0.3, 0.4) is 0 Å². The lowest BCUT2D eigenvalue weighted by molar-refractivity contribution is -0.177. The highest BCUT2D eigenvalue weighted by Crippen LogP contribution is 2.40. The zero-order chi connectivity index (χ0) is 36.4. The van der Waals surface area contributed by atoms with Crippen molar-refractivity contribution in [2.24, 2.45) is 5.92 Å². The number of ether oxygens (including phenoxy) is 2. The molecule has 17 heteroatoms. The van der Waals surface area contributed by atoms with Gasteiger partial charge in [0.2, 0.25) is 5.88 Å². The molecule has 50 heavy (non-hydrogen) atoms. The Labute approximate surface area is 286 Å². The van der Waals surface area contributed by atoms with Gasteiger partial charge in [0.1, 0.15) is 23.1 Å². The summed E-state index contributed by atoms with van der Waals surface area (Å²) < 4.78 is 59.0. The molecule has 268 valence electrons. The summed E-state index contributed by atoms with van der Waals surface area (Å²) in [6.45, 7) is 9.78. The summed E-state index contributed by atoms with van der Waals surface area (Å²) >= 11 is 0. The summed E-state index contributed by atoms with van der Waals surface area (Å²) in [6.07, 6.45) is 2.34. The average Bonchev–Trinajstić information content (AvgIpc) is 3.36. The van der Waals surface area contributed by atoms with E-state index in [0.29, 0.717) is 5.56 Å². The van der Waals surface area contributed by atoms with Gasteiger partial charge in [-0.2, -0.15) is 13.2 Å². The van der Waals surface area contributed by atoms with E-state index >= 15 is 0 Å². The quantitative estimate of drug-likeness (QED) is 0.227. The number of piperidine rings is 1. The van der Waals surface area contributed by atoms with E-state index < -0.39 is 54.0 Å². The molecule has 0 radical (unpaired) electrons. The third kappa shape index (κ3) is 9.00. The fourth-order valence-corrected chi connectivity index (χ4v) is 5.53. The number of aromatic nitrogens is 3. The molecular formula is C33H39F3N8O6. The molecule has 2 atom stereocenters. The van der Waals surface area contributed by atoms with E-state index in [1.807, 2.05) is 0 Å². The van der Waals surface area contributed by atoms with Crippen molar-refractivity contribution in [1.82, 2.24) is 20.3 Å². The number of rotatable bonds is 6. The lowest BCUT2D eigenvalue weighted by Crippen LogP contribution is -2.54. The van der Waals surface area contributed by atoms with Crippen molar-refractivity contribution < 1.29 is 41.4 Å². The van der Waals surface area contributed by atoms with Crippen LogP contribution in [0.25, 0.3) is 11.6 Å². The Morgan fingerprint density at radius 1 is 0.940 bits per heavy atom. The molecule has 0 aromatic carbocycles. The van der Waals surface area contributed by atoms with Crippen LogP contribution >= 0.6 is 0 Å². The second-order valence-electron chi connectivity index (χ2n) is 13.9. The van der Waals surface area contributed by atoms with Crippen molar-refractivity contribution in [3.63, 3.8) is 0 Å². The fourth-order valence-electron chi connectivity index (χ4n) is 5.53. The minimum atomic E-state index is -4.56. The first-order valence-corrected chi connectivity index (χ1v) is 15.8. The standard InChI is InChI=1S/C33H39F3N8O6/c1-31(2,3)49-29(46)41-21-10-20(33(34,35)36)15-44(16-21)23-7-8-37-14-22(23)42-27(45)25-26-24(48-28(25)43-30(47)50-32(4,5)6)9-18(13-40-26)19-11-38-17-39-12-19/h7-9,11-12,14,17,20-21,40H,10,13,15-16H2,1-6H3,(H,41,46)(H,42,45)(H,43,47)/t20-,21+/m1/s1. The summed E-state index contributed by atoms with van der Waals surface area (Å²) in [4.78, 5) is 52.9. The highest BCUT2D eigenvalue weighted by molar-refractivity contribution is 6.15. The number of hydrogen-bond acceptors (Lipinski definition) is 11. The second kappa shape index (κ2) is 13.9. The van der Waals surface area contributed by atoms with E-state index in [-0.39, 0.29) is 53.8 Å². The van der Waals surface area contributed by atoms with E-state index in [0.717, 1.165) is 5.57 Å². The predicted octanol–water partition coefficient (Wildman–Crippen LogP) is 6.31. The number of amides is 3. The first-order chi connectivity index (χ1) is 23.4. The van der Waals surface area contributed by atoms with Gasteiger partial charge in [0.25, 0.3) is 5.91 Å². The third-order valence-electron chi connectivity index (χ3n) is 7.49. The third-order valence-corrected chi connectivity index (χ3v) is 7.49.